The van der Waals surface area contributed by atoms with Crippen LogP contribution in [-0.4, -0.2) is 38.1 Å². The summed E-state index contributed by atoms with van der Waals surface area (Å²) >= 11 is 0. The van der Waals surface area contributed by atoms with Crippen molar-refractivity contribution in [1.82, 2.24) is 4.90 Å². The molecular formula is C17H29N3. The third kappa shape index (κ3) is 3.53. The van der Waals surface area contributed by atoms with Gasteiger partial charge in [-0.15, -0.1) is 0 Å². The van der Waals surface area contributed by atoms with Crippen molar-refractivity contribution in [2.75, 3.05) is 32.1 Å². The first-order valence-electron chi connectivity index (χ1n) is 7.76. The summed E-state index contributed by atoms with van der Waals surface area (Å²) in [6, 6.07) is 9.53. The molecule has 0 radical (unpaired) electrons. The van der Waals surface area contributed by atoms with Gasteiger partial charge in [0, 0.05) is 38.4 Å². The van der Waals surface area contributed by atoms with E-state index in [4.69, 9.17) is 5.73 Å². The Morgan fingerprint density at radius 1 is 1.25 bits per heavy atom. The number of nitrogens with two attached hydrogens (primary N) is 1. The Bertz CT molecular complexity index is 411. The number of rotatable bonds is 4. The van der Waals surface area contributed by atoms with Crippen molar-refractivity contribution >= 4 is 5.69 Å². The quantitative estimate of drug-likeness (QED) is 0.917. The highest BCUT2D eigenvalue weighted by molar-refractivity contribution is 5.46. The van der Waals surface area contributed by atoms with Gasteiger partial charge in [-0.2, -0.15) is 0 Å². The summed E-state index contributed by atoms with van der Waals surface area (Å²) in [5, 5.41) is 0. The molecular weight excluding hydrogens is 246 g/mol. The molecule has 20 heavy (non-hydrogen) atoms. The first kappa shape index (κ1) is 15.3. The van der Waals surface area contributed by atoms with Crippen molar-refractivity contribution in [3.63, 3.8) is 0 Å². The molecule has 1 aromatic carbocycles. The highest BCUT2D eigenvalue weighted by atomic mass is 15.2. The topological polar surface area (TPSA) is 32.5 Å². The number of benzene rings is 1. The fourth-order valence-corrected chi connectivity index (χ4v) is 3.20. The van der Waals surface area contributed by atoms with E-state index in [1.54, 1.807) is 0 Å². The van der Waals surface area contributed by atoms with Gasteiger partial charge in [-0.1, -0.05) is 26.0 Å². The maximum absolute atomic E-state index is 6.42. The van der Waals surface area contributed by atoms with Gasteiger partial charge < -0.3 is 10.6 Å². The molecule has 0 saturated carbocycles. The van der Waals surface area contributed by atoms with Gasteiger partial charge in [-0.05, 0) is 43.0 Å². The summed E-state index contributed by atoms with van der Waals surface area (Å²) < 4.78 is 0. The standard InChI is InChI=1S/C17H29N3/c1-13(2)12-20-11-5-6-16(18)17(20)14-7-9-15(10-8-14)19(3)4/h7-10,13,16-17H,5-6,11-12,18H2,1-4H3. The van der Waals surface area contributed by atoms with Crippen LogP contribution in [-0.2, 0) is 0 Å². The van der Waals surface area contributed by atoms with E-state index in [9.17, 15) is 0 Å². The molecule has 0 aromatic heterocycles. The number of piperidine rings is 1. The molecule has 0 amide bonds. The molecule has 1 fully saturated rings. The normalized spacial score (nSPS) is 24.1. The zero-order valence-electron chi connectivity index (χ0n) is 13.3. The van der Waals surface area contributed by atoms with E-state index in [0.29, 0.717) is 12.0 Å². The molecule has 2 N–H and O–H groups in total. The molecule has 1 aliphatic heterocycles. The Balaban J connectivity index is 2.20. The van der Waals surface area contributed by atoms with Gasteiger partial charge in [-0.25, -0.2) is 0 Å². The van der Waals surface area contributed by atoms with Gasteiger partial charge in [-0.3, -0.25) is 4.90 Å². The summed E-state index contributed by atoms with van der Waals surface area (Å²) in [5.74, 6) is 0.684. The van der Waals surface area contributed by atoms with Gasteiger partial charge in [0.05, 0.1) is 0 Å². The van der Waals surface area contributed by atoms with E-state index in [-0.39, 0.29) is 6.04 Å². The molecule has 3 nitrogen and oxygen atoms in total. The van der Waals surface area contributed by atoms with Crippen molar-refractivity contribution in [3.05, 3.63) is 29.8 Å². The fraction of sp³-hybridized carbons (Fsp3) is 0.647. The van der Waals surface area contributed by atoms with Crippen molar-refractivity contribution in [3.8, 4) is 0 Å². The van der Waals surface area contributed by atoms with Gasteiger partial charge in [0.15, 0.2) is 0 Å². The predicted molar refractivity (Wildman–Crippen MR) is 87.1 cm³/mol. The van der Waals surface area contributed by atoms with E-state index in [1.165, 1.54) is 24.2 Å². The number of anilines is 1. The lowest BCUT2D eigenvalue weighted by molar-refractivity contribution is 0.114. The Morgan fingerprint density at radius 2 is 1.90 bits per heavy atom. The molecule has 1 saturated heterocycles. The second kappa shape index (κ2) is 6.59. The van der Waals surface area contributed by atoms with Crippen molar-refractivity contribution in [2.24, 2.45) is 11.7 Å². The van der Waals surface area contributed by atoms with Crippen LogP contribution >= 0.6 is 0 Å². The third-order valence-electron chi connectivity index (χ3n) is 4.13. The van der Waals surface area contributed by atoms with Crippen LogP contribution in [0.25, 0.3) is 0 Å². The number of likely N-dealkylation sites (tertiary alicyclic amines) is 1. The number of nitrogens with zero attached hydrogens (tertiary/aromatic N) is 2. The molecule has 1 heterocycles. The maximum Gasteiger partial charge on any atom is 0.0499 e. The number of hydrogen-bond acceptors (Lipinski definition) is 3. The van der Waals surface area contributed by atoms with Gasteiger partial charge >= 0.3 is 0 Å². The molecule has 0 spiro atoms. The first-order chi connectivity index (χ1) is 9.49. The van der Waals surface area contributed by atoms with E-state index >= 15 is 0 Å². The highest BCUT2D eigenvalue weighted by Crippen LogP contribution is 2.31. The average Bonchev–Trinajstić information content (AvgIpc) is 2.38. The maximum atomic E-state index is 6.42. The fourth-order valence-electron chi connectivity index (χ4n) is 3.20. The zero-order valence-corrected chi connectivity index (χ0v) is 13.3. The van der Waals surface area contributed by atoms with Crippen LogP contribution in [0.3, 0.4) is 0 Å². The van der Waals surface area contributed by atoms with Gasteiger partial charge in [0.25, 0.3) is 0 Å². The largest absolute Gasteiger partial charge is 0.378 e. The van der Waals surface area contributed by atoms with E-state index < -0.39 is 0 Å². The zero-order chi connectivity index (χ0) is 14.7. The van der Waals surface area contributed by atoms with Crippen LogP contribution in [0.15, 0.2) is 24.3 Å². The summed E-state index contributed by atoms with van der Waals surface area (Å²) in [4.78, 5) is 4.71. The Kier molecular flexibility index (Phi) is 5.06. The predicted octanol–water partition coefficient (Wildman–Crippen LogP) is 2.87. The molecule has 2 atom stereocenters. The highest BCUT2D eigenvalue weighted by Gasteiger charge is 2.30. The van der Waals surface area contributed by atoms with E-state index in [1.807, 2.05) is 0 Å². The average molecular weight is 275 g/mol. The minimum Gasteiger partial charge on any atom is -0.378 e. The van der Waals surface area contributed by atoms with Crippen LogP contribution < -0.4 is 10.6 Å². The second-order valence-electron chi connectivity index (χ2n) is 6.63. The molecule has 0 bridgehead atoms. The van der Waals surface area contributed by atoms with Crippen LogP contribution in [0.1, 0.15) is 38.3 Å². The van der Waals surface area contributed by atoms with Crippen LogP contribution in [0.5, 0.6) is 0 Å². The van der Waals surface area contributed by atoms with Crippen molar-refractivity contribution in [2.45, 2.75) is 38.8 Å². The smallest absolute Gasteiger partial charge is 0.0499 e. The van der Waals surface area contributed by atoms with Crippen LogP contribution in [0.4, 0.5) is 5.69 Å². The lowest BCUT2D eigenvalue weighted by Crippen LogP contribution is -2.47. The first-order valence-corrected chi connectivity index (χ1v) is 7.76. The monoisotopic (exact) mass is 275 g/mol. The minimum absolute atomic E-state index is 0.257. The molecule has 2 unspecified atom stereocenters. The number of hydrogen-bond donors (Lipinski definition) is 1. The SMILES string of the molecule is CC(C)CN1CCCC(N)C1c1ccc(N(C)C)cc1. The van der Waals surface area contributed by atoms with Crippen LogP contribution in [0, 0.1) is 5.92 Å². The summed E-state index contributed by atoms with van der Waals surface area (Å²) in [6.45, 7) is 6.87. The Morgan fingerprint density at radius 3 is 2.45 bits per heavy atom. The lowest BCUT2D eigenvalue weighted by atomic mass is 9.90. The second-order valence-corrected chi connectivity index (χ2v) is 6.63. The molecule has 0 aliphatic carbocycles. The molecule has 3 heteroatoms. The molecule has 1 aromatic rings. The van der Waals surface area contributed by atoms with Gasteiger partial charge in [0.1, 0.15) is 0 Å². The Labute approximate surface area is 123 Å². The van der Waals surface area contributed by atoms with Crippen LogP contribution in [0.2, 0.25) is 0 Å². The lowest BCUT2D eigenvalue weighted by Gasteiger charge is -2.41. The van der Waals surface area contributed by atoms with Gasteiger partial charge in [0.2, 0.25) is 0 Å². The van der Waals surface area contributed by atoms with Crippen molar-refractivity contribution < 1.29 is 0 Å². The molecule has 112 valence electrons. The Hall–Kier alpha value is -1.06. The van der Waals surface area contributed by atoms with Crippen molar-refractivity contribution in [1.29, 1.82) is 0 Å². The van der Waals surface area contributed by atoms with E-state index in [2.05, 4.69) is 62.0 Å². The van der Waals surface area contributed by atoms with E-state index in [0.717, 1.165) is 13.0 Å². The third-order valence-corrected chi connectivity index (χ3v) is 4.13. The summed E-state index contributed by atoms with van der Waals surface area (Å²) in [7, 11) is 4.15. The molecule has 2 rings (SSSR count). The summed E-state index contributed by atoms with van der Waals surface area (Å²) in [5.41, 5.74) is 9.03. The minimum atomic E-state index is 0.257. The molecule has 1 aliphatic rings. The summed E-state index contributed by atoms with van der Waals surface area (Å²) in [6.07, 6.45) is 2.36.